The van der Waals surface area contributed by atoms with Crippen LogP contribution in [0.3, 0.4) is 0 Å². The second kappa shape index (κ2) is 6.97. The van der Waals surface area contributed by atoms with Crippen molar-refractivity contribution in [2.24, 2.45) is 5.73 Å². The van der Waals surface area contributed by atoms with Crippen LogP contribution in [-0.2, 0) is 12.2 Å². The van der Waals surface area contributed by atoms with Gasteiger partial charge in [0, 0.05) is 17.3 Å². The van der Waals surface area contributed by atoms with Crippen molar-refractivity contribution in [1.82, 2.24) is 9.65 Å². The number of nitrogens with zero attached hydrogens (tertiary/aromatic N) is 3. The maximum Gasteiger partial charge on any atom is 0.403 e. The van der Waals surface area contributed by atoms with E-state index < -0.39 is 0 Å². The zero-order valence-electron chi connectivity index (χ0n) is 10.6. The van der Waals surface area contributed by atoms with Gasteiger partial charge in [-0.3, -0.25) is 10.7 Å². The summed E-state index contributed by atoms with van der Waals surface area (Å²) < 4.78 is 3.80. The Hall–Kier alpha value is -1.99. The monoisotopic (exact) mass is 303 g/mol. The van der Waals surface area contributed by atoms with Gasteiger partial charge in [-0.2, -0.15) is 9.93 Å². The van der Waals surface area contributed by atoms with Crippen LogP contribution in [0.1, 0.15) is 11.1 Å². The first kappa shape index (κ1) is 14.4. The van der Waals surface area contributed by atoms with Crippen LogP contribution in [0.4, 0.5) is 0 Å². The molecule has 1 heterocycles. The van der Waals surface area contributed by atoms with E-state index >= 15 is 0 Å². The van der Waals surface area contributed by atoms with Gasteiger partial charge in [0.15, 0.2) is 0 Å². The summed E-state index contributed by atoms with van der Waals surface area (Å²) in [6.07, 6.45) is 2.13. The fourth-order valence-corrected chi connectivity index (χ4v) is 2.69. The molecule has 20 heavy (non-hydrogen) atoms. The minimum atomic E-state index is 0.377. The summed E-state index contributed by atoms with van der Waals surface area (Å²) in [5.41, 5.74) is 9.77. The molecule has 0 aliphatic rings. The lowest BCUT2D eigenvalue weighted by molar-refractivity contribution is 1.24. The maximum absolute atomic E-state index is 8.84. The van der Waals surface area contributed by atoms with Crippen LogP contribution in [0.5, 0.6) is 0 Å². The largest absolute Gasteiger partial charge is 0.403 e. The Morgan fingerprint density at radius 1 is 1.55 bits per heavy atom. The summed E-state index contributed by atoms with van der Waals surface area (Å²) in [6, 6.07) is 10.0. The van der Waals surface area contributed by atoms with Gasteiger partial charge in [-0.05, 0) is 46.6 Å². The van der Waals surface area contributed by atoms with Crippen molar-refractivity contribution >= 4 is 45.1 Å². The molecular weight excluding hydrogens is 292 g/mol. The van der Waals surface area contributed by atoms with Crippen LogP contribution in [-0.4, -0.2) is 15.8 Å². The molecule has 1 aromatic heterocycles. The number of amidine groups is 1. The van der Waals surface area contributed by atoms with Crippen LogP contribution in [0.15, 0.2) is 30.5 Å². The van der Waals surface area contributed by atoms with Gasteiger partial charge in [-0.25, -0.2) is 0 Å². The highest BCUT2D eigenvalue weighted by molar-refractivity contribution is 8.13. The summed E-state index contributed by atoms with van der Waals surface area (Å²) in [5.74, 6) is 0.632. The maximum atomic E-state index is 8.84. The lowest BCUT2D eigenvalue weighted by Gasteiger charge is -2.06. The number of hydrogen-bond acceptors (Lipinski definition) is 3. The summed E-state index contributed by atoms with van der Waals surface area (Å²) in [5, 5.41) is 10.3. The van der Waals surface area contributed by atoms with Gasteiger partial charge >= 0.3 is 5.17 Å². The molecule has 0 atom stereocenters. The second-order valence-corrected chi connectivity index (χ2v) is 5.21. The smallest absolute Gasteiger partial charge is 0.267 e. The molecule has 0 aliphatic carbocycles. The Morgan fingerprint density at radius 2 is 2.40 bits per heavy atom. The minimum Gasteiger partial charge on any atom is -0.267 e. The molecule has 2 N–H and O–H groups in total. The van der Waals surface area contributed by atoms with E-state index in [9.17, 15) is 0 Å². The Bertz CT molecular complexity index is 730. The van der Waals surface area contributed by atoms with Gasteiger partial charge in [-0.1, -0.05) is 12.1 Å². The molecule has 6 heteroatoms. The highest BCUT2D eigenvalue weighted by Gasteiger charge is 2.09. The van der Waals surface area contributed by atoms with Gasteiger partial charge in [0.05, 0.1) is 18.0 Å². The van der Waals surface area contributed by atoms with E-state index in [0.29, 0.717) is 17.3 Å². The van der Waals surface area contributed by atoms with Crippen LogP contribution < -0.4 is 10.4 Å². The van der Waals surface area contributed by atoms with Crippen molar-refractivity contribution in [1.29, 1.82) is 5.26 Å². The quantitative estimate of drug-likeness (QED) is 0.535. The fraction of sp³-hybridized carbons (Fsp3) is 0.143. The first-order chi connectivity index (χ1) is 9.74. The number of benzene rings is 1. The number of nitriles is 1. The lowest BCUT2D eigenvalue weighted by Crippen LogP contribution is -2.10. The highest BCUT2D eigenvalue weighted by atomic mass is 35.5. The summed E-state index contributed by atoms with van der Waals surface area (Å²) in [7, 11) is 0. The average molecular weight is 304 g/mol. The van der Waals surface area contributed by atoms with Crippen molar-refractivity contribution in [3.8, 4) is 6.07 Å². The Labute approximate surface area is 126 Å². The third-order valence-corrected chi connectivity index (χ3v) is 3.63. The predicted octanol–water partition coefficient (Wildman–Crippen LogP) is 2.18. The fourth-order valence-electron chi connectivity index (χ4n) is 1.88. The summed E-state index contributed by atoms with van der Waals surface area (Å²) in [6.45, 7) is 0. The van der Waals surface area contributed by atoms with E-state index in [4.69, 9.17) is 22.6 Å². The van der Waals surface area contributed by atoms with E-state index in [2.05, 4.69) is 15.7 Å². The zero-order valence-corrected chi connectivity index (χ0v) is 12.2. The van der Waals surface area contributed by atoms with Crippen molar-refractivity contribution < 1.29 is 0 Å². The highest BCUT2D eigenvalue weighted by Crippen LogP contribution is 2.23. The molecule has 0 amide bonds. The number of aromatic nitrogens is 1. The van der Waals surface area contributed by atoms with Crippen molar-refractivity contribution in [2.75, 3.05) is 0 Å². The van der Waals surface area contributed by atoms with E-state index in [1.807, 2.05) is 24.3 Å². The number of halogens is 1. The third-order valence-electron chi connectivity index (χ3n) is 2.68. The molecule has 4 nitrogen and oxygen atoms in total. The first-order valence-corrected chi connectivity index (χ1v) is 7.28. The SMILES string of the molecule is N#CCc1cc(CSC(N)=[N+]=CCl)c2ncccc2c1. The summed E-state index contributed by atoms with van der Waals surface area (Å²) >= 11 is 6.77. The minimum absolute atomic E-state index is 0.377. The molecule has 0 bridgehead atoms. The zero-order chi connectivity index (χ0) is 14.4. The molecule has 100 valence electrons. The van der Waals surface area contributed by atoms with Crippen LogP contribution >= 0.6 is 23.4 Å². The van der Waals surface area contributed by atoms with E-state index in [1.54, 1.807) is 6.20 Å². The number of hydrogen-bond donors (Lipinski definition) is 1. The molecule has 0 aliphatic heterocycles. The van der Waals surface area contributed by atoms with Crippen molar-refractivity contribution in [3.63, 3.8) is 0 Å². The van der Waals surface area contributed by atoms with E-state index in [-0.39, 0.29) is 0 Å². The van der Waals surface area contributed by atoms with Crippen LogP contribution in [0.25, 0.3) is 10.9 Å². The Balaban J connectivity index is 2.39. The van der Waals surface area contributed by atoms with E-state index in [1.165, 1.54) is 11.8 Å². The molecule has 0 saturated carbocycles. The molecule has 2 aromatic rings. The predicted molar refractivity (Wildman–Crippen MR) is 85.6 cm³/mol. The Kier molecular flexibility index (Phi) is 5.03. The third kappa shape index (κ3) is 3.52. The Morgan fingerprint density at radius 3 is 3.15 bits per heavy atom. The van der Waals surface area contributed by atoms with Crippen LogP contribution in [0.2, 0.25) is 0 Å². The number of rotatable bonds is 3. The number of nitrogens with two attached hydrogens (primary N) is 1. The first-order valence-electron chi connectivity index (χ1n) is 5.86. The average Bonchev–Trinajstić information content (AvgIpc) is 2.45. The van der Waals surface area contributed by atoms with E-state index in [0.717, 1.165) is 27.7 Å². The normalized spacial score (nSPS) is 9.80. The lowest BCUT2D eigenvalue weighted by atomic mass is 10.0. The molecular formula is C14H12ClN4S+. The number of pyridine rings is 1. The number of thioether (sulfide) groups is 1. The molecule has 0 radical (unpaired) electrons. The summed E-state index contributed by atoms with van der Waals surface area (Å²) in [4.78, 5) is 4.40. The van der Waals surface area contributed by atoms with Crippen molar-refractivity contribution in [2.45, 2.75) is 12.2 Å². The van der Waals surface area contributed by atoms with Crippen LogP contribution in [0, 0.1) is 11.3 Å². The van der Waals surface area contributed by atoms with Gasteiger partial charge < -0.3 is 0 Å². The molecule has 0 fully saturated rings. The molecule has 0 saturated heterocycles. The molecule has 0 spiro atoms. The molecule has 1 aromatic carbocycles. The molecule has 2 rings (SSSR count). The molecule has 0 unspecified atom stereocenters. The van der Waals surface area contributed by atoms with Gasteiger partial charge in [-0.15, -0.1) is 0 Å². The van der Waals surface area contributed by atoms with Crippen molar-refractivity contribution in [3.05, 3.63) is 41.6 Å². The van der Waals surface area contributed by atoms with Gasteiger partial charge in [0.2, 0.25) is 0 Å². The standard InChI is InChI=1S/C14H11ClN4S/c15-9-19-14(17)20-8-12-7-10(3-4-16)6-11-2-1-5-18-13(11)12/h1-2,5-7,9,17H,3,8H2/p+1. The second-order valence-electron chi connectivity index (χ2n) is 4.02. The topological polar surface area (TPSA) is 76.8 Å². The number of fused-ring (bicyclic) bond motifs is 1. The van der Waals surface area contributed by atoms with Gasteiger partial charge in [0.1, 0.15) is 0 Å². The van der Waals surface area contributed by atoms with Gasteiger partial charge in [0.25, 0.3) is 5.67 Å².